The maximum atomic E-state index is 4.66. The molecule has 0 spiro atoms. The van der Waals surface area contributed by atoms with Gasteiger partial charge >= 0.3 is 0 Å². The molecule has 1 aromatic heterocycles. The van der Waals surface area contributed by atoms with Gasteiger partial charge in [0.05, 0.1) is 11.9 Å². The zero-order valence-electron chi connectivity index (χ0n) is 10.7. The topological polar surface area (TPSA) is 41.1 Å². The number of aromatic nitrogens is 2. The molecule has 1 aliphatic rings. The molecule has 0 saturated carbocycles. The van der Waals surface area contributed by atoms with Crippen molar-refractivity contribution in [3.05, 3.63) is 18.1 Å². The number of rotatable bonds is 3. The lowest BCUT2D eigenvalue weighted by Gasteiger charge is -2.25. The molecule has 4 nitrogen and oxygen atoms in total. The van der Waals surface area contributed by atoms with Gasteiger partial charge < -0.3 is 10.2 Å². The summed E-state index contributed by atoms with van der Waals surface area (Å²) in [4.78, 5) is 11.3. The summed E-state index contributed by atoms with van der Waals surface area (Å²) >= 11 is 0. The van der Waals surface area contributed by atoms with Crippen LogP contribution in [-0.4, -0.2) is 30.1 Å². The number of hydrogen-bond donors (Lipinski definition) is 1. The molecule has 94 valence electrons. The molecule has 0 unspecified atom stereocenters. The molecule has 4 heteroatoms. The average Bonchev–Trinajstić information content (AvgIpc) is 2.29. The van der Waals surface area contributed by atoms with E-state index >= 15 is 0 Å². The van der Waals surface area contributed by atoms with E-state index in [0.29, 0.717) is 0 Å². The molecule has 2 heterocycles. The third-order valence-corrected chi connectivity index (χ3v) is 3.21. The average molecular weight is 234 g/mol. The Morgan fingerprint density at radius 3 is 2.53 bits per heavy atom. The van der Waals surface area contributed by atoms with Crippen molar-refractivity contribution >= 4 is 5.82 Å². The standard InChI is InChI=1S/C13H22N4/c1-14-9-12-10-15-11-13(16-12)17-7-5-3-2-4-6-8-17/h10-11,14H,2-9H2,1H3. The van der Waals surface area contributed by atoms with Gasteiger partial charge in [-0.05, 0) is 19.9 Å². The number of nitrogens with zero attached hydrogens (tertiary/aromatic N) is 3. The smallest absolute Gasteiger partial charge is 0.147 e. The Kier molecular flexibility index (Phi) is 4.74. The SMILES string of the molecule is CNCc1cncc(N2CCCCCCC2)n1. The second-order valence-corrected chi connectivity index (χ2v) is 4.65. The largest absolute Gasteiger partial charge is 0.355 e. The molecular weight excluding hydrogens is 212 g/mol. The van der Waals surface area contributed by atoms with Crippen molar-refractivity contribution in [1.82, 2.24) is 15.3 Å². The predicted octanol–water partition coefficient (Wildman–Crippen LogP) is 1.97. The van der Waals surface area contributed by atoms with E-state index in [-0.39, 0.29) is 0 Å². The van der Waals surface area contributed by atoms with Gasteiger partial charge in [-0.1, -0.05) is 19.3 Å². The first-order valence-corrected chi connectivity index (χ1v) is 6.60. The maximum Gasteiger partial charge on any atom is 0.147 e. The zero-order chi connectivity index (χ0) is 11.9. The van der Waals surface area contributed by atoms with Gasteiger partial charge in [0.1, 0.15) is 5.82 Å². The maximum absolute atomic E-state index is 4.66. The molecule has 1 N–H and O–H groups in total. The van der Waals surface area contributed by atoms with E-state index in [1.807, 2.05) is 19.4 Å². The van der Waals surface area contributed by atoms with Crippen LogP contribution in [0, 0.1) is 0 Å². The van der Waals surface area contributed by atoms with Crippen LogP contribution in [0.1, 0.15) is 37.8 Å². The fraction of sp³-hybridized carbons (Fsp3) is 0.692. The molecule has 1 aliphatic heterocycles. The summed E-state index contributed by atoms with van der Waals surface area (Å²) in [5.41, 5.74) is 1.02. The normalized spacial score (nSPS) is 17.6. The van der Waals surface area contributed by atoms with E-state index in [9.17, 15) is 0 Å². The van der Waals surface area contributed by atoms with Crippen LogP contribution in [0.15, 0.2) is 12.4 Å². The molecule has 0 aliphatic carbocycles. The van der Waals surface area contributed by atoms with Crippen LogP contribution in [0.4, 0.5) is 5.82 Å². The van der Waals surface area contributed by atoms with Crippen LogP contribution in [0.5, 0.6) is 0 Å². The lowest BCUT2D eigenvalue weighted by molar-refractivity contribution is 0.552. The van der Waals surface area contributed by atoms with E-state index in [1.54, 1.807) is 0 Å². The zero-order valence-corrected chi connectivity index (χ0v) is 10.7. The van der Waals surface area contributed by atoms with Gasteiger partial charge in [0.15, 0.2) is 0 Å². The fourth-order valence-corrected chi connectivity index (χ4v) is 2.29. The van der Waals surface area contributed by atoms with Crippen molar-refractivity contribution in [3.8, 4) is 0 Å². The van der Waals surface area contributed by atoms with Crippen LogP contribution in [-0.2, 0) is 6.54 Å². The molecular formula is C13H22N4. The summed E-state index contributed by atoms with van der Waals surface area (Å²) in [6.45, 7) is 3.03. The number of nitrogens with one attached hydrogen (secondary N) is 1. The highest BCUT2D eigenvalue weighted by atomic mass is 15.2. The van der Waals surface area contributed by atoms with Crippen molar-refractivity contribution < 1.29 is 0 Å². The minimum atomic E-state index is 0.786. The lowest BCUT2D eigenvalue weighted by Crippen LogP contribution is -2.28. The minimum Gasteiger partial charge on any atom is -0.355 e. The van der Waals surface area contributed by atoms with Crippen LogP contribution in [0.3, 0.4) is 0 Å². The summed E-state index contributed by atoms with van der Waals surface area (Å²) in [6.07, 6.45) is 10.4. The molecule has 0 amide bonds. The van der Waals surface area contributed by atoms with E-state index in [0.717, 1.165) is 31.1 Å². The Bertz CT molecular complexity index is 332. The van der Waals surface area contributed by atoms with Gasteiger partial charge in [-0.25, -0.2) is 4.98 Å². The minimum absolute atomic E-state index is 0.786. The molecule has 0 radical (unpaired) electrons. The van der Waals surface area contributed by atoms with E-state index in [1.165, 1.54) is 32.1 Å². The highest BCUT2D eigenvalue weighted by Gasteiger charge is 2.10. The summed E-state index contributed by atoms with van der Waals surface area (Å²) < 4.78 is 0. The second-order valence-electron chi connectivity index (χ2n) is 4.65. The van der Waals surface area contributed by atoms with Crippen LogP contribution < -0.4 is 10.2 Å². The summed E-state index contributed by atoms with van der Waals surface area (Å²) in [6, 6.07) is 0. The molecule has 1 aromatic rings. The Hall–Kier alpha value is -1.16. The highest BCUT2D eigenvalue weighted by Crippen LogP contribution is 2.16. The molecule has 1 fully saturated rings. The molecule has 1 saturated heterocycles. The van der Waals surface area contributed by atoms with Crippen molar-refractivity contribution in [1.29, 1.82) is 0 Å². The number of anilines is 1. The van der Waals surface area contributed by atoms with Gasteiger partial charge in [-0.2, -0.15) is 0 Å². The quantitative estimate of drug-likeness (QED) is 0.868. The molecule has 17 heavy (non-hydrogen) atoms. The monoisotopic (exact) mass is 234 g/mol. The third-order valence-electron chi connectivity index (χ3n) is 3.21. The van der Waals surface area contributed by atoms with Crippen molar-refractivity contribution in [3.63, 3.8) is 0 Å². The Balaban J connectivity index is 2.05. The molecule has 0 aromatic carbocycles. The predicted molar refractivity (Wildman–Crippen MR) is 70.1 cm³/mol. The van der Waals surface area contributed by atoms with Crippen LogP contribution in [0.25, 0.3) is 0 Å². The Morgan fingerprint density at radius 1 is 1.12 bits per heavy atom. The molecule has 2 rings (SSSR count). The van der Waals surface area contributed by atoms with E-state index in [2.05, 4.69) is 20.2 Å². The first kappa shape index (κ1) is 12.3. The second kappa shape index (κ2) is 6.55. The highest BCUT2D eigenvalue weighted by molar-refractivity contribution is 5.36. The van der Waals surface area contributed by atoms with Gasteiger partial charge in [0.25, 0.3) is 0 Å². The van der Waals surface area contributed by atoms with Crippen molar-refractivity contribution in [2.45, 2.75) is 38.6 Å². The summed E-state index contributed by atoms with van der Waals surface area (Å²) in [5.74, 6) is 1.04. The number of hydrogen-bond acceptors (Lipinski definition) is 4. The molecule has 0 atom stereocenters. The first-order chi connectivity index (χ1) is 8.40. The van der Waals surface area contributed by atoms with E-state index in [4.69, 9.17) is 0 Å². The summed E-state index contributed by atoms with van der Waals surface area (Å²) in [5, 5.41) is 3.12. The fourth-order valence-electron chi connectivity index (χ4n) is 2.29. The van der Waals surface area contributed by atoms with Crippen LogP contribution >= 0.6 is 0 Å². The Labute approximate surface area is 103 Å². The van der Waals surface area contributed by atoms with Crippen LogP contribution in [0.2, 0.25) is 0 Å². The van der Waals surface area contributed by atoms with Gasteiger partial charge in [-0.15, -0.1) is 0 Å². The van der Waals surface area contributed by atoms with Gasteiger partial charge in [0, 0.05) is 25.8 Å². The van der Waals surface area contributed by atoms with Gasteiger partial charge in [-0.3, -0.25) is 4.98 Å². The van der Waals surface area contributed by atoms with Gasteiger partial charge in [0.2, 0.25) is 0 Å². The van der Waals surface area contributed by atoms with Crippen molar-refractivity contribution in [2.24, 2.45) is 0 Å². The lowest BCUT2D eigenvalue weighted by atomic mass is 10.1. The van der Waals surface area contributed by atoms with E-state index < -0.39 is 0 Å². The first-order valence-electron chi connectivity index (χ1n) is 6.60. The summed E-state index contributed by atoms with van der Waals surface area (Å²) in [7, 11) is 1.93. The Morgan fingerprint density at radius 2 is 1.82 bits per heavy atom. The van der Waals surface area contributed by atoms with Crippen molar-refractivity contribution in [2.75, 3.05) is 25.0 Å². The third kappa shape index (κ3) is 3.66. The molecule has 0 bridgehead atoms.